The van der Waals surface area contributed by atoms with E-state index in [1.807, 2.05) is 6.92 Å². The lowest BCUT2D eigenvalue weighted by molar-refractivity contribution is 0.138. The first-order chi connectivity index (χ1) is 8.00. The van der Waals surface area contributed by atoms with E-state index >= 15 is 0 Å². The van der Waals surface area contributed by atoms with Gasteiger partial charge in [-0.2, -0.15) is 4.31 Å². The summed E-state index contributed by atoms with van der Waals surface area (Å²) in [7, 11) is -2.16. The molecule has 0 aromatic carbocycles. The first-order valence-corrected chi connectivity index (χ1v) is 6.68. The normalized spacial score (nSPS) is 11.9. The molecule has 2 N–H and O–H groups in total. The molecule has 1 aromatic rings. The lowest BCUT2D eigenvalue weighted by Crippen LogP contribution is -2.31. The first-order valence-electron chi connectivity index (χ1n) is 5.24. The van der Waals surface area contributed by atoms with Gasteiger partial charge in [0.05, 0.1) is 12.3 Å². The number of aromatic nitrogens is 1. The van der Waals surface area contributed by atoms with Crippen LogP contribution < -0.4 is 5.73 Å². The Hall–Kier alpha value is -1.18. The van der Waals surface area contributed by atoms with Gasteiger partial charge in [0.1, 0.15) is 0 Å². The third-order valence-electron chi connectivity index (χ3n) is 2.21. The van der Waals surface area contributed by atoms with Gasteiger partial charge in [0.25, 0.3) is 10.0 Å². The molecule has 0 bridgehead atoms. The maximum atomic E-state index is 12.1. The van der Waals surface area contributed by atoms with Crippen molar-refractivity contribution in [1.82, 2.24) is 9.29 Å². The summed E-state index contributed by atoms with van der Waals surface area (Å²) in [4.78, 5) is 3.80. The summed E-state index contributed by atoms with van der Waals surface area (Å²) in [6.45, 7) is 3.02. The zero-order chi connectivity index (χ0) is 12.9. The van der Waals surface area contributed by atoms with Gasteiger partial charge in [-0.15, -0.1) is 0 Å². The summed E-state index contributed by atoms with van der Waals surface area (Å²) in [6, 6.07) is 3.10. The highest BCUT2D eigenvalue weighted by Gasteiger charge is 2.24. The van der Waals surface area contributed by atoms with E-state index in [0.717, 1.165) is 0 Å². The Balaban J connectivity index is 2.85. The van der Waals surface area contributed by atoms with Gasteiger partial charge in [0, 0.05) is 26.4 Å². The third kappa shape index (κ3) is 3.39. The summed E-state index contributed by atoms with van der Waals surface area (Å²) >= 11 is 0. The monoisotopic (exact) mass is 259 g/mol. The Labute approximate surface area is 101 Å². The van der Waals surface area contributed by atoms with Gasteiger partial charge in [-0.05, 0) is 19.1 Å². The summed E-state index contributed by atoms with van der Waals surface area (Å²) in [5, 5.41) is -0.112. The third-order valence-corrected chi connectivity index (χ3v) is 4.04. The zero-order valence-corrected chi connectivity index (χ0v) is 10.8. The van der Waals surface area contributed by atoms with E-state index in [0.29, 0.717) is 13.2 Å². The van der Waals surface area contributed by atoms with Crippen molar-refractivity contribution in [2.45, 2.75) is 11.9 Å². The molecule has 7 heteroatoms. The van der Waals surface area contributed by atoms with E-state index < -0.39 is 10.0 Å². The number of nitrogens with two attached hydrogens (primary N) is 1. The van der Waals surface area contributed by atoms with Crippen molar-refractivity contribution < 1.29 is 13.2 Å². The number of ether oxygens (including phenoxy) is 1. The minimum atomic E-state index is -3.63. The number of pyridine rings is 1. The molecule has 0 saturated carbocycles. The molecular weight excluding hydrogens is 242 g/mol. The molecule has 0 aliphatic heterocycles. The highest BCUT2D eigenvalue weighted by molar-refractivity contribution is 7.89. The van der Waals surface area contributed by atoms with Crippen LogP contribution in [-0.2, 0) is 14.8 Å². The van der Waals surface area contributed by atoms with Crippen LogP contribution in [0.25, 0.3) is 0 Å². The van der Waals surface area contributed by atoms with Crippen LogP contribution in [-0.4, -0.2) is 44.5 Å². The van der Waals surface area contributed by atoms with E-state index in [1.165, 1.54) is 23.6 Å². The van der Waals surface area contributed by atoms with Gasteiger partial charge in [-0.25, -0.2) is 13.4 Å². The van der Waals surface area contributed by atoms with Gasteiger partial charge in [0.15, 0.2) is 5.03 Å². The molecule has 1 rings (SSSR count). The van der Waals surface area contributed by atoms with Crippen LogP contribution in [0, 0.1) is 0 Å². The SMILES string of the molecule is CCOCCN(C)S(=O)(=O)c1ncccc1N. The largest absolute Gasteiger partial charge is 0.396 e. The van der Waals surface area contributed by atoms with Gasteiger partial charge < -0.3 is 10.5 Å². The molecule has 0 atom stereocenters. The molecule has 0 spiro atoms. The van der Waals surface area contributed by atoms with Crippen LogP contribution in [0.4, 0.5) is 5.69 Å². The molecule has 1 aromatic heterocycles. The van der Waals surface area contributed by atoms with Gasteiger partial charge in [-0.1, -0.05) is 0 Å². The molecule has 0 amide bonds. The van der Waals surface area contributed by atoms with Crippen molar-refractivity contribution in [2.24, 2.45) is 0 Å². The lowest BCUT2D eigenvalue weighted by atomic mass is 10.4. The lowest BCUT2D eigenvalue weighted by Gasteiger charge is -2.17. The maximum Gasteiger partial charge on any atom is 0.262 e. The molecule has 1 heterocycles. The molecule has 17 heavy (non-hydrogen) atoms. The number of nitrogens with zero attached hydrogens (tertiary/aromatic N) is 2. The minimum absolute atomic E-state index is 0.112. The van der Waals surface area contributed by atoms with Crippen molar-refractivity contribution in [1.29, 1.82) is 0 Å². The fraction of sp³-hybridized carbons (Fsp3) is 0.500. The topological polar surface area (TPSA) is 85.5 Å². The second-order valence-electron chi connectivity index (χ2n) is 3.42. The van der Waals surface area contributed by atoms with Crippen LogP contribution in [0.15, 0.2) is 23.4 Å². The highest BCUT2D eigenvalue weighted by Crippen LogP contribution is 2.17. The molecular formula is C10H17N3O3S. The zero-order valence-electron chi connectivity index (χ0n) is 9.96. The Morgan fingerprint density at radius 1 is 1.53 bits per heavy atom. The molecule has 0 aliphatic carbocycles. The molecule has 0 radical (unpaired) electrons. The van der Waals surface area contributed by atoms with E-state index in [2.05, 4.69) is 4.98 Å². The van der Waals surface area contributed by atoms with Crippen LogP contribution in [0.3, 0.4) is 0 Å². The predicted octanol–water partition coefficient (Wildman–Crippen LogP) is 0.321. The van der Waals surface area contributed by atoms with E-state index in [4.69, 9.17) is 10.5 Å². The van der Waals surface area contributed by atoms with Crippen molar-refractivity contribution in [3.63, 3.8) is 0 Å². The smallest absolute Gasteiger partial charge is 0.262 e. The molecule has 0 unspecified atom stereocenters. The van der Waals surface area contributed by atoms with E-state index in [1.54, 1.807) is 6.07 Å². The Morgan fingerprint density at radius 2 is 2.24 bits per heavy atom. The van der Waals surface area contributed by atoms with E-state index in [-0.39, 0.29) is 17.3 Å². The van der Waals surface area contributed by atoms with Crippen LogP contribution in [0.2, 0.25) is 0 Å². The standard InChI is InChI=1S/C10H17N3O3S/c1-3-16-8-7-13(2)17(14,15)10-9(11)5-4-6-12-10/h4-6H,3,7-8,11H2,1-2H3. The van der Waals surface area contributed by atoms with Crippen LogP contribution in [0.5, 0.6) is 0 Å². The Morgan fingerprint density at radius 3 is 2.82 bits per heavy atom. The quantitative estimate of drug-likeness (QED) is 0.744. The maximum absolute atomic E-state index is 12.1. The number of hydrogen-bond donors (Lipinski definition) is 1. The Kier molecular flexibility index (Phi) is 4.86. The first kappa shape index (κ1) is 13.9. The molecule has 6 nitrogen and oxygen atoms in total. The second-order valence-corrected chi connectivity index (χ2v) is 5.38. The van der Waals surface area contributed by atoms with Crippen LogP contribution in [0.1, 0.15) is 6.92 Å². The number of nitrogen functional groups attached to an aromatic ring is 1. The van der Waals surface area contributed by atoms with Crippen molar-refractivity contribution in [2.75, 3.05) is 32.5 Å². The summed E-state index contributed by atoms with van der Waals surface area (Å²) < 4.78 is 30.4. The van der Waals surface area contributed by atoms with Gasteiger partial charge in [-0.3, -0.25) is 0 Å². The van der Waals surface area contributed by atoms with Crippen molar-refractivity contribution in [3.8, 4) is 0 Å². The minimum Gasteiger partial charge on any atom is -0.396 e. The van der Waals surface area contributed by atoms with Gasteiger partial charge in [0.2, 0.25) is 0 Å². The molecule has 0 fully saturated rings. The van der Waals surface area contributed by atoms with Crippen LogP contribution >= 0.6 is 0 Å². The van der Waals surface area contributed by atoms with Crippen molar-refractivity contribution >= 4 is 15.7 Å². The predicted molar refractivity (Wildman–Crippen MR) is 65.0 cm³/mol. The molecule has 0 saturated heterocycles. The number of sulfonamides is 1. The number of likely N-dealkylation sites (N-methyl/N-ethyl adjacent to an activating group) is 1. The molecule has 96 valence electrons. The van der Waals surface area contributed by atoms with Crippen molar-refractivity contribution in [3.05, 3.63) is 18.3 Å². The second kappa shape index (κ2) is 5.95. The Bertz CT molecular complexity index is 462. The highest BCUT2D eigenvalue weighted by atomic mass is 32.2. The fourth-order valence-electron chi connectivity index (χ4n) is 1.22. The van der Waals surface area contributed by atoms with Gasteiger partial charge >= 0.3 is 0 Å². The number of hydrogen-bond acceptors (Lipinski definition) is 5. The summed E-state index contributed by atoms with van der Waals surface area (Å²) in [5.74, 6) is 0. The average molecular weight is 259 g/mol. The molecule has 0 aliphatic rings. The number of rotatable bonds is 6. The summed E-state index contributed by atoms with van der Waals surface area (Å²) in [5.41, 5.74) is 5.75. The average Bonchev–Trinajstić information content (AvgIpc) is 2.29. The fourth-order valence-corrected chi connectivity index (χ4v) is 2.39. The van der Waals surface area contributed by atoms with E-state index in [9.17, 15) is 8.42 Å². The number of anilines is 1. The summed E-state index contributed by atoms with van der Waals surface area (Å²) in [6.07, 6.45) is 1.40.